The number of fused-ring (bicyclic) bond motifs is 1. The lowest BCUT2D eigenvalue weighted by atomic mass is 10.0. The number of hydrazone groups is 2. The predicted octanol–water partition coefficient (Wildman–Crippen LogP) is 2.45. The molecule has 2 aliphatic rings. The van der Waals surface area contributed by atoms with Crippen LogP contribution in [-0.4, -0.2) is 46.1 Å². The third-order valence-corrected chi connectivity index (χ3v) is 5.49. The van der Waals surface area contributed by atoms with Crippen molar-refractivity contribution >= 4 is 29.1 Å². The maximum atomic E-state index is 12.6. The standard InChI is InChI=1S/C25H19N5O7/c26-23-21(28-30-25(34)15-6-2-4-8-17(15)32)20(27-29-24(33)14-5-1-3-7-16(14)31)22(37-23)13-9-10-18-19(11-13)36-12-35-18/h1-11,22,26,31-32H,12H2,(H,29,33)(H,30,34). The minimum absolute atomic E-state index is 0.00483. The molecule has 3 aromatic rings. The Kier molecular flexibility index (Phi) is 6.12. The van der Waals surface area contributed by atoms with Gasteiger partial charge in [-0.1, -0.05) is 30.3 Å². The third kappa shape index (κ3) is 4.62. The van der Waals surface area contributed by atoms with Crippen LogP contribution >= 0.6 is 0 Å². The SMILES string of the molecule is N=C1OC(c2ccc3c(c2)OCO3)C(=NNC(=O)c2ccccc2O)C1=NNC(=O)c1ccccc1O. The molecule has 2 amide bonds. The van der Waals surface area contributed by atoms with E-state index in [0.29, 0.717) is 17.1 Å². The topological polar surface area (TPSA) is 175 Å². The highest BCUT2D eigenvalue weighted by Gasteiger charge is 2.38. The van der Waals surface area contributed by atoms with Crippen molar-refractivity contribution in [3.05, 3.63) is 83.4 Å². The second-order valence-electron chi connectivity index (χ2n) is 7.81. The Morgan fingerprint density at radius 1 is 0.838 bits per heavy atom. The van der Waals surface area contributed by atoms with Gasteiger partial charge in [0.1, 0.15) is 17.2 Å². The summed E-state index contributed by atoms with van der Waals surface area (Å²) in [5, 5.41) is 36.3. The van der Waals surface area contributed by atoms with Gasteiger partial charge in [-0.3, -0.25) is 15.0 Å². The average Bonchev–Trinajstić information content (AvgIpc) is 3.49. The van der Waals surface area contributed by atoms with Gasteiger partial charge in [0.2, 0.25) is 12.7 Å². The molecule has 5 N–H and O–H groups in total. The van der Waals surface area contributed by atoms with Crippen LogP contribution in [0, 0.1) is 5.41 Å². The minimum atomic E-state index is -0.993. The van der Waals surface area contributed by atoms with Crippen molar-refractivity contribution in [2.75, 3.05) is 6.79 Å². The van der Waals surface area contributed by atoms with Crippen LogP contribution in [0.2, 0.25) is 0 Å². The van der Waals surface area contributed by atoms with Crippen molar-refractivity contribution in [1.29, 1.82) is 5.41 Å². The van der Waals surface area contributed by atoms with E-state index in [9.17, 15) is 19.8 Å². The molecule has 12 nitrogen and oxygen atoms in total. The molecule has 1 saturated heterocycles. The van der Waals surface area contributed by atoms with Gasteiger partial charge in [-0.15, -0.1) is 0 Å². The van der Waals surface area contributed by atoms with Crippen LogP contribution in [0.1, 0.15) is 32.4 Å². The fraction of sp³-hybridized carbons (Fsp3) is 0.0800. The van der Waals surface area contributed by atoms with E-state index in [1.807, 2.05) is 0 Å². The van der Waals surface area contributed by atoms with Crippen molar-refractivity contribution in [2.24, 2.45) is 10.2 Å². The Balaban J connectivity index is 1.48. The molecule has 186 valence electrons. The first kappa shape index (κ1) is 23.4. The van der Waals surface area contributed by atoms with Crippen LogP contribution in [0.25, 0.3) is 0 Å². The maximum absolute atomic E-state index is 12.6. The number of para-hydroxylation sites is 2. The number of phenolic OH excluding ortho intramolecular Hbond substituents is 2. The summed E-state index contributed by atoms with van der Waals surface area (Å²) in [5.74, 6) is -1.37. The highest BCUT2D eigenvalue weighted by Crippen LogP contribution is 2.37. The number of aromatic hydroxyl groups is 2. The number of hydrogen-bond acceptors (Lipinski definition) is 10. The zero-order valence-corrected chi connectivity index (χ0v) is 19.0. The fourth-order valence-corrected chi connectivity index (χ4v) is 3.66. The summed E-state index contributed by atoms with van der Waals surface area (Å²) < 4.78 is 16.4. The van der Waals surface area contributed by atoms with Gasteiger partial charge in [0.25, 0.3) is 11.8 Å². The van der Waals surface area contributed by atoms with Gasteiger partial charge < -0.3 is 24.4 Å². The second-order valence-corrected chi connectivity index (χ2v) is 7.81. The third-order valence-electron chi connectivity index (χ3n) is 5.49. The normalized spacial score (nSPS) is 18.1. The molecule has 1 atom stereocenters. The number of carbonyl (C=O) groups is 2. The van der Waals surface area contributed by atoms with E-state index in [0.717, 1.165) is 0 Å². The number of carbonyl (C=O) groups excluding carboxylic acids is 2. The number of benzene rings is 3. The van der Waals surface area contributed by atoms with Crippen molar-refractivity contribution in [3.63, 3.8) is 0 Å². The quantitative estimate of drug-likeness (QED) is 0.334. The lowest BCUT2D eigenvalue weighted by molar-refractivity contribution is 0.0943. The highest BCUT2D eigenvalue weighted by molar-refractivity contribution is 6.69. The maximum Gasteiger partial charge on any atom is 0.275 e. The molecule has 0 bridgehead atoms. The van der Waals surface area contributed by atoms with Crippen LogP contribution in [0.3, 0.4) is 0 Å². The van der Waals surface area contributed by atoms with E-state index in [-0.39, 0.29) is 40.8 Å². The molecule has 1 unspecified atom stereocenters. The molecule has 3 aromatic carbocycles. The van der Waals surface area contributed by atoms with Gasteiger partial charge in [0.05, 0.1) is 11.1 Å². The van der Waals surface area contributed by atoms with Crippen LogP contribution in [0.4, 0.5) is 0 Å². The average molecular weight is 501 g/mol. The zero-order valence-electron chi connectivity index (χ0n) is 19.0. The molecule has 2 heterocycles. The van der Waals surface area contributed by atoms with Gasteiger partial charge in [0, 0.05) is 5.56 Å². The molecule has 0 saturated carbocycles. The van der Waals surface area contributed by atoms with Gasteiger partial charge in [-0.25, -0.2) is 10.9 Å². The molecular weight excluding hydrogens is 482 g/mol. The van der Waals surface area contributed by atoms with E-state index < -0.39 is 23.8 Å². The Hall–Kier alpha value is -5.39. The molecular formula is C25H19N5O7. The first-order valence-electron chi connectivity index (χ1n) is 10.9. The van der Waals surface area contributed by atoms with Crippen LogP contribution < -0.4 is 20.3 Å². The van der Waals surface area contributed by atoms with E-state index in [1.54, 1.807) is 42.5 Å². The summed E-state index contributed by atoms with van der Waals surface area (Å²) in [6.45, 7) is 0.0583. The number of nitrogens with zero attached hydrogens (tertiary/aromatic N) is 2. The highest BCUT2D eigenvalue weighted by atomic mass is 16.7. The monoisotopic (exact) mass is 501 g/mol. The summed E-state index contributed by atoms with van der Waals surface area (Å²) in [6, 6.07) is 16.8. The minimum Gasteiger partial charge on any atom is -0.507 e. The van der Waals surface area contributed by atoms with E-state index in [4.69, 9.17) is 19.6 Å². The lowest BCUT2D eigenvalue weighted by Crippen LogP contribution is -2.28. The van der Waals surface area contributed by atoms with Crippen LogP contribution in [0.5, 0.6) is 23.0 Å². The Morgan fingerprint density at radius 2 is 1.43 bits per heavy atom. The summed E-state index contributed by atoms with van der Waals surface area (Å²) in [7, 11) is 0. The predicted molar refractivity (Wildman–Crippen MR) is 130 cm³/mol. The first-order chi connectivity index (χ1) is 17.9. The number of hydrogen-bond donors (Lipinski definition) is 5. The second kappa shape index (κ2) is 9.70. The Morgan fingerprint density at radius 3 is 2.08 bits per heavy atom. The van der Waals surface area contributed by atoms with Crippen molar-refractivity contribution in [3.8, 4) is 23.0 Å². The van der Waals surface area contributed by atoms with E-state index in [2.05, 4.69) is 21.1 Å². The number of ether oxygens (including phenoxy) is 3. The summed E-state index contributed by atoms with van der Waals surface area (Å²) in [6.07, 6.45) is -0.993. The molecule has 0 aliphatic carbocycles. The smallest absolute Gasteiger partial charge is 0.275 e. The Bertz CT molecular complexity index is 1480. The number of phenols is 2. The number of amides is 2. The van der Waals surface area contributed by atoms with Crippen LogP contribution in [0.15, 0.2) is 76.9 Å². The van der Waals surface area contributed by atoms with Gasteiger partial charge in [-0.05, 0) is 36.4 Å². The van der Waals surface area contributed by atoms with E-state index in [1.165, 1.54) is 24.3 Å². The van der Waals surface area contributed by atoms with Crippen molar-refractivity contribution in [1.82, 2.24) is 10.9 Å². The fourth-order valence-electron chi connectivity index (χ4n) is 3.66. The lowest BCUT2D eigenvalue weighted by Gasteiger charge is -2.11. The molecule has 0 aromatic heterocycles. The largest absolute Gasteiger partial charge is 0.507 e. The molecule has 0 radical (unpaired) electrons. The van der Waals surface area contributed by atoms with Crippen molar-refractivity contribution in [2.45, 2.75) is 6.10 Å². The Labute approximate surface area is 209 Å². The number of nitrogens with one attached hydrogen (secondary N) is 3. The summed E-state index contributed by atoms with van der Waals surface area (Å²) in [5.41, 5.74) is 4.91. The van der Waals surface area contributed by atoms with Gasteiger partial charge >= 0.3 is 0 Å². The van der Waals surface area contributed by atoms with Crippen molar-refractivity contribution < 1.29 is 34.0 Å². The molecule has 2 aliphatic heterocycles. The van der Waals surface area contributed by atoms with Gasteiger partial charge in [0.15, 0.2) is 23.3 Å². The summed E-state index contributed by atoms with van der Waals surface area (Å²) in [4.78, 5) is 25.2. The van der Waals surface area contributed by atoms with Crippen LogP contribution in [-0.2, 0) is 4.74 Å². The number of rotatable bonds is 5. The molecule has 0 spiro atoms. The molecule has 12 heteroatoms. The van der Waals surface area contributed by atoms with Gasteiger partial charge in [-0.2, -0.15) is 10.2 Å². The molecule has 5 rings (SSSR count). The molecule has 1 fully saturated rings. The summed E-state index contributed by atoms with van der Waals surface area (Å²) >= 11 is 0. The van der Waals surface area contributed by atoms with E-state index >= 15 is 0 Å². The first-order valence-corrected chi connectivity index (χ1v) is 10.9. The molecule has 37 heavy (non-hydrogen) atoms. The zero-order chi connectivity index (χ0) is 25.9.